The van der Waals surface area contributed by atoms with Gasteiger partial charge in [0.15, 0.2) is 4.77 Å². The molecule has 2 N–H and O–H groups in total. The quantitative estimate of drug-likeness (QED) is 0.568. The van der Waals surface area contributed by atoms with E-state index in [-0.39, 0.29) is 11.5 Å². The van der Waals surface area contributed by atoms with E-state index < -0.39 is 0 Å². The second kappa shape index (κ2) is 9.12. The number of aromatic nitrogens is 2. The number of amides is 1. The van der Waals surface area contributed by atoms with Crippen molar-refractivity contribution in [1.29, 1.82) is 0 Å². The highest BCUT2D eigenvalue weighted by Gasteiger charge is 2.15. The van der Waals surface area contributed by atoms with Crippen molar-refractivity contribution in [3.8, 4) is 0 Å². The van der Waals surface area contributed by atoms with E-state index in [9.17, 15) is 9.59 Å². The molecule has 6 heteroatoms. The molecule has 0 saturated heterocycles. The number of fused-ring (bicyclic) bond motifs is 1. The molecule has 0 atom stereocenters. The monoisotopic (exact) mass is 373 g/mol. The Morgan fingerprint density at radius 2 is 1.92 bits per heavy atom. The van der Waals surface area contributed by atoms with E-state index in [0.29, 0.717) is 29.2 Å². The largest absolute Gasteiger partial charge is 0.353 e. The molecule has 5 nitrogen and oxygen atoms in total. The summed E-state index contributed by atoms with van der Waals surface area (Å²) in [6, 6.07) is 7.80. The minimum atomic E-state index is -0.0422. The molecule has 2 aromatic rings. The number of para-hydroxylation sites is 1. The minimum Gasteiger partial charge on any atom is -0.353 e. The van der Waals surface area contributed by atoms with Crippen LogP contribution in [-0.4, -0.2) is 21.5 Å². The number of benzene rings is 1. The Hall–Kier alpha value is -1.95. The first kappa shape index (κ1) is 18.8. The highest BCUT2D eigenvalue weighted by atomic mass is 32.1. The van der Waals surface area contributed by atoms with Crippen LogP contribution in [0, 0.1) is 4.77 Å². The average Bonchev–Trinajstić information content (AvgIpc) is 2.64. The number of nitrogens with zero attached hydrogens (tertiary/aromatic N) is 1. The lowest BCUT2D eigenvalue weighted by Crippen LogP contribution is -2.35. The van der Waals surface area contributed by atoms with Crippen LogP contribution in [0.25, 0.3) is 10.9 Å². The van der Waals surface area contributed by atoms with Gasteiger partial charge in [-0.25, -0.2) is 0 Å². The Balaban J connectivity index is 1.45. The zero-order chi connectivity index (χ0) is 18.4. The Labute approximate surface area is 158 Å². The predicted octanol–water partition coefficient (Wildman–Crippen LogP) is 4.07. The second-order valence-electron chi connectivity index (χ2n) is 7.15. The minimum absolute atomic E-state index is 0.0422. The lowest BCUT2D eigenvalue weighted by Gasteiger charge is -2.22. The summed E-state index contributed by atoms with van der Waals surface area (Å²) in [6.07, 6.45) is 9.15. The zero-order valence-electron chi connectivity index (χ0n) is 15.1. The van der Waals surface area contributed by atoms with Crippen molar-refractivity contribution in [3.63, 3.8) is 0 Å². The number of aromatic amines is 1. The van der Waals surface area contributed by atoms with E-state index in [2.05, 4.69) is 10.3 Å². The molecule has 1 aromatic heterocycles. The van der Waals surface area contributed by atoms with Crippen molar-refractivity contribution < 1.29 is 4.79 Å². The third-order valence-corrected chi connectivity index (χ3v) is 5.47. The maximum absolute atomic E-state index is 12.6. The van der Waals surface area contributed by atoms with Crippen LogP contribution in [-0.2, 0) is 11.3 Å². The summed E-state index contributed by atoms with van der Waals surface area (Å²) < 4.78 is 2.09. The Morgan fingerprint density at radius 1 is 1.15 bits per heavy atom. The zero-order valence-corrected chi connectivity index (χ0v) is 15.9. The number of hydrogen-bond acceptors (Lipinski definition) is 3. The van der Waals surface area contributed by atoms with Gasteiger partial charge >= 0.3 is 0 Å². The number of carbonyl (C=O) groups is 1. The maximum atomic E-state index is 12.6. The molecular formula is C20H27N3O2S. The van der Waals surface area contributed by atoms with Crippen molar-refractivity contribution in [2.45, 2.75) is 70.4 Å². The van der Waals surface area contributed by atoms with Crippen molar-refractivity contribution in [2.24, 2.45) is 0 Å². The molecule has 0 aliphatic heterocycles. The molecule has 1 aliphatic carbocycles. The summed E-state index contributed by atoms with van der Waals surface area (Å²) in [6.45, 7) is 0.587. The van der Waals surface area contributed by atoms with E-state index in [1.807, 2.05) is 24.3 Å². The molecule has 0 bridgehead atoms. The van der Waals surface area contributed by atoms with E-state index in [4.69, 9.17) is 12.2 Å². The lowest BCUT2D eigenvalue weighted by atomic mass is 9.95. The first-order chi connectivity index (χ1) is 12.6. The number of unbranched alkanes of at least 4 members (excludes halogenated alkanes) is 2. The number of hydrogen-bond donors (Lipinski definition) is 2. The van der Waals surface area contributed by atoms with Gasteiger partial charge in [-0.2, -0.15) is 0 Å². The van der Waals surface area contributed by atoms with Crippen LogP contribution in [0.2, 0.25) is 0 Å². The molecule has 1 fully saturated rings. The van der Waals surface area contributed by atoms with Crippen molar-refractivity contribution in [2.75, 3.05) is 0 Å². The third-order valence-electron chi connectivity index (χ3n) is 5.15. The summed E-state index contributed by atoms with van der Waals surface area (Å²) in [5.74, 6) is 0.164. The molecule has 0 spiro atoms. The molecule has 1 amide bonds. The van der Waals surface area contributed by atoms with Crippen LogP contribution in [0.15, 0.2) is 29.1 Å². The SMILES string of the molecule is O=C(CCCCCn1c(=S)[nH]c2ccccc2c1=O)NC1CCCCC1. The van der Waals surface area contributed by atoms with Gasteiger partial charge in [-0.3, -0.25) is 14.2 Å². The van der Waals surface area contributed by atoms with Gasteiger partial charge in [0.2, 0.25) is 5.91 Å². The average molecular weight is 374 g/mol. The van der Waals surface area contributed by atoms with Crippen molar-refractivity contribution in [3.05, 3.63) is 39.4 Å². The van der Waals surface area contributed by atoms with Crippen LogP contribution in [0.4, 0.5) is 0 Å². The molecule has 1 heterocycles. The van der Waals surface area contributed by atoms with Crippen LogP contribution in [0.3, 0.4) is 0 Å². The van der Waals surface area contributed by atoms with E-state index in [1.165, 1.54) is 19.3 Å². The predicted molar refractivity (Wildman–Crippen MR) is 107 cm³/mol. The fourth-order valence-corrected chi connectivity index (χ4v) is 3.97. The third kappa shape index (κ3) is 4.81. The molecule has 1 aromatic carbocycles. The normalized spacial score (nSPS) is 15.2. The Morgan fingerprint density at radius 3 is 2.73 bits per heavy atom. The van der Waals surface area contributed by atoms with E-state index >= 15 is 0 Å². The summed E-state index contributed by atoms with van der Waals surface area (Å²) >= 11 is 5.32. The molecule has 1 saturated carbocycles. The van der Waals surface area contributed by atoms with Crippen molar-refractivity contribution >= 4 is 29.0 Å². The highest BCUT2D eigenvalue weighted by Crippen LogP contribution is 2.17. The van der Waals surface area contributed by atoms with E-state index in [1.54, 1.807) is 4.57 Å². The fourth-order valence-electron chi connectivity index (χ4n) is 3.68. The van der Waals surface area contributed by atoms with Gasteiger partial charge in [-0.15, -0.1) is 0 Å². The van der Waals surface area contributed by atoms with Crippen molar-refractivity contribution in [1.82, 2.24) is 14.9 Å². The first-order valence-corrected chi connectivity index (χ1v) is 10.1. The Kier molecular flexibility index (Phi) is 6.61. The van der Waals surface area contributed by atoms with Crippen LogP contribution in [0.5, 0.6) is 0 Å². The standard InChI is InChI=1S/C20H27N3O2S/c24-18(21-15-9-3-1-4-10-15)13-5-2-8-14-23-19(25)16-11-6-7-12-17(16)22-20(23)26/h6-7,11-12,15H,1-5,8-10,13-14H2,(H,21,24)(H,22,26). The maximum Gasteiger partial charge on any atom is 0.262 e. The van der Waals surface area contributed by atoms with Crippen LogP contribution >= 0.6 is 12.2 Å². The van der Waals surface area contributed by atoms with Gasteiger partial charge in [0.1, 0.15) is 0 Å². The van der Waals surface area contributed by atoms with Gasteiger partial charge < -0.3 is 10.3 Å². The van der Waals surface area contributed by atoms with Gasteiger partial charge in [-0.1, -0.05) is 37.8 Å². The van der Waals surface area contributed by atoms with Gasteiger partial charge in [0, 0.05) is 19.0 Å². The summed E-state index contributed by atoms with van der Waals surface area (Å²) in [5.41, 5.74) is 0.734. The lowest BCUT2D eigenvalue weighted by molar-refractivity contribution is -0.122. The highest BCUT2D eigenvalue weighted by molar-refractivity contribution is 7.71. The number of nitrogens with one attached hydrogen (secondary N) is 2. The van der Waals surface area contributed by atoms with Crippen LogP contribution < -0.4 is 10.9 Å². The summed E-state index contributed by atoms with van der Waals surface area (Å²) in [7, 11) is 0. The molecule has 0 radical (unpaired) electrons. The molecular weight excluding hydrogens is 346 g/mol. The second-order valence-corrected chi connectivity index (χ2v) is 7.53. The first-order valence-electron chi connectivity index (χ1n) is 9.66. The topological polar surface area (TPSA) is 66.9 Å². The number of carbonyl (C=O) groups excluding carboxylic acids is 1. The fraction of sp³-hybridized carbons (Fsp3) is 0.550. The summed E-state index contributed by atoms with van der Waals surface area (Å²) in [5, 5.41) is 3.81. The van der Waals surface area contributed by atoms with Gasteiger partial charge in [0.05, 0.1) is 10.9 Å². The smallest absolute Gasteiger partial charge is 0.262 e. The molecule has 26 heavy (non-hydrogen) atoms. The molecule has 1 aliphatic rings. The molecule has 3 rings (SSSR count). The molecule has 140 valence electrons. The van der Waals surface area contributed by atoms with E-state index in [0.717, 1.165) is 37.6 Å². The summed E-state index contributed by atoms with van der Waals surface area (Å²) in [4.78, 5) is 27.7. The van der Waals surface area contributed by atoms with Gasteiger partial charge in [-0.05, 0) is 50.0 Å². The molecule has 0 unspecified atom stereocenters. The van der Waals surface area contributed by atoms with Gasteiger partial charge in [0.25, 0.3) is 5.56 Å². The van der Waals surface area contributed by atoms with Crippen LogP contribution in [0.1, 0.15) is 57.8 Å². The number of rotatable bonds is 7. The number of H-pyrrole nitrogens is 1. The Bertz CT molecular complexity index is 865.